The maximum Gasteiger partial charge on any atom is 0.335 e. The highest BCUT2D eigenvalue weighted by molar-refractivity contribution is 9.11. The molecule has 4 rings (SSSR count). The quantitative estimate of drug-likeness (QED) is 0.218. The van der Waals surface area contributed by atoms with E-state index in [4.69, 9.17) is 27.9 Å². The van der Waals surface area contributed by atoms with E-state index in [1.54, 1.807) is 12.1 Å². The zero-order chi connectivity index (χ0) is 28.4. The summed E-state index contributed by atoms with van der Waals surface area (Å²) >= 11 is 18.8. The molecule has 1 heterocycles. The Labute approximate surface area is 250 Å². The minimum Gasteiger partial charge on any atom is -0.481 e. The van der Waals surface area contributed by atoms with Crippen molar-refractivity contribution in [3.8, 4) is 5.75 Å². The SMILES string of the molecule is Cc1ccc(NC(=O)COc2c(Br)cc(/C=C3/C(=O)NC(=O)N(c4ccc(Cl)c(Cl)c4)C3=O)cc2Br)c(C)c1. The Hall–Kier alpha value is -3.18. The lowest BCUT2D eigenvalue weighted by atomic mass is 10.1. The van der Waals surface area contributed by atoms with Gasteiger partial charge in [0.15, 0.2) is 6.61 Å². The molecule has 0 aromatic heterocycles. The molecule has 1 fully saturated rings. The highest BCUT2D eigenvalue weighted by Crippen LogP contribution is 2.36. The number of urea groups is 1. The number of halogens is 4. The predicted octanol–water partition coefficient (Wildman–Crippen LogP) is 6.82. The van der Waals surface area contributed by atoms with E-state index in [-0.39, 0.29) is 33.8 Å². The summed E-state index contributed by atoms with van der Waals surface area (Å²) in [5.74, 6) is -1.68. The number of hydrogen-bond acceptors (Lipinski definition) is 5. The number of rotatable bonds is 6. The van der Waals surface area contributed by atoms with Crippen LogP contribution in [-0.4, -0.2) is 30.4 Å². The Morgan fingerprint density at radius 3 is 2.33 bits per heavy atom. The molecule has 0 unspecified atom stereocenters. The van der Waals surface area contributed by atoms with Gasteiger partial charge in [-0.3, -0.25) is 19.7 Å². The first kappa shape index (κ1) is 28.8. The predicted molar refractivity (Wildman–Crippen MR) is 157 cm³/mol. The van der Waals surface area contributed by atoms with Crippen molar-refractivity contribution in [2.45, 2.75) is 13.8 Å². The molecule has 1 aliphatic heterocycles. The van der Waals surface area contributed by atoms with Gasteiger partial charge in [0, 0.05) is 5.69 Å². The lowest BCUT2D eigenvalue weighted by Crippen LogP contribution is -2.54. The van der Waals surface area contributed by atoms with E-state index in [1.165, 1.54) is 24.3 Å². The molecule has 200 valence electrons. The molecule has 0 saturated carbocycles. The molecular weight excluding hydrogens is 677 g/mol. The zero-order valence-electron chi connectivity index (χ0n) is 20.4. The molecule has 2 N–H and O–H groups in total. The molecule has 0 spiro atoms. The van der Waals surface area contributed by atoms with Crippen LogP contribution in [0.3, 0.4) is 0 Å². The molecule has 12 heteroatoms. The number of ether oxygens (including phenoxy) is 1. The van der Waals surface area contributed by atoms with E-state index < -0.39 is 17.8 Å². The van der Waals surface area contributed by atoms with E-state index in [0.29, 0.717) is 25.9 Å². The number of aryl methyl sites for hydroxylation is 2. The standard InChI is InChI=1S/C27H19Br2Cl2N3O5/c1-13-3-6-22(14(2)7-13)32-23(35)12-39-24-18(28)9-15(10-19(24)29)8-17-25(36)33-27(38)34(26(17)37)16-4-5-20(30)21(31)11-16/h3-11H,12H2,1-2H3,(H,32,35)(H,33,36,38)/b17-8-. The Kier molecular flexibility index (Phi) is 8.80. The van der Waals surface area contributed by atoms with Gasteiger partial charge in [-0.15, -0.1) is 0 Å². The Bertz CT molecular complexity index is 1550. The highest BCUT2D eigenvalue weighted by Gasteiger charge is 2.37. The third kappa shape index (κ3) is 6.52. The van der Waals surface area contributed by atoms with Gasteiger partial charge in [0.2, 0.25) is 0 Å². The molecule has 0 aliphatic carbocycles. The van der Waals surface area contributed by atoms with Crippen LogP contribution in [0.4, 0.5) is 16.2 Å². The van der Waals surface area contributed by atoms with Crippen LogP contribution in [0.25, 0.3) is 6.08 Å². The number of amides is 5. The highest BCUT2D eigenvalue weighted by atomic mass is 79.9. The van der Waals surface area contributed by atoms with Crippen molar-refractivity contribution in [2.24, 2.45) is 0 Å². The number of nitrogens with zero attached hydrogens (tertiary/aromatic N) is 1. The molecule has 0 atom stereocenters. The van der Waals surface area contributed by atoms with Crippen molar-refractivity contribution >= 4 is 96.3 Å². The van der Waals surface area contributed by atoms with Crippen molar-refractivity contribution in [2.75, 3.05) is 16.8 Å². The van der Waals surface area contributed by atoms with Gasteiger partial charge >= 0.3 is 6.03 Å². The normalized spacial score (nSPS) is 14.5. The second kappa shape index (κ2) is 11.9. The van der Waals surface area contributed by atoms with Crippen molar-refractivity contribution in [1.82, 2.24) is 5.32 Å². The van der Waals surface area contributed by atoms with Crippen LogP contribution in [0.5, 0.6) is 5.75 Å². The smallest absolute Gasteiger partial charge is 0.335 e. The largest absolute Gasteiger partial charge is 0.481 e. The van der Waals surface area contributed by atoms with E-state index in [9.17, 15) is 19.2 Å². The summed E-state index contributed by atoms with van der Waals surface area (Å²) in [6, 6.07) is 12.2. The van der Waals surface area contributed by atoms with Crippen LogP contribution in [0, 0.1) is 13.8 Å². The number of benzene rings is 3. The Morgan fingerprint density at radius 2 is 1.69 bits per heavy atom. The van der Waals surface area contributed by atoms with Gasteiger partial charge in [-0.25, -0.2) is 9.69 Å². The van der Waals surface area contributed by atoms with E-state index in [1.807, 2.05) is 32.0 Å². The lowest BCUT2D eigenvalue weighted by Gasteiger charge is -2.26. The first-order valence-electron chi connectivity index (χ1n) is 11.3. The van der Waals surface area contributed by atoms with Crippen LogP contribution < -0.4 is 20.3 Å². The molecule has 8 nitrogen and oxygen atoms in total. The number of carbonyl (C=O) groups excluding carboxylic acids is 4. The molecule has 3 aromatic carbocycles. The van der Waals surface area contributed by atoms with Crippen LogP contribution in [0.15, 0.2) is 63.0 Å². The number of imide groups is 2. The minimum atomic E-state index is -0.911. The van der Waals surface area contributed by atoms with Crippen molar-refractivity contribution in [3.05, 3.63) is 89.8 Å². The number of carbonyl (C=O) groups is 4. The van der Waals surface area contributed by atoms with E-state index in [0.717, 1.165) is 16.0 Å². The van der Waals surface area contributed by atoms with Crippen LogP contribution in [0.1, 0.15) is 16.7 Å². The van der Waals surface area contributed by atoms with Gasteiger partial charge in [-0.1, -0.05) is 40.9 Å². The summed E-state index contributed by atoms with van der Waals surface area (Å²) in [5, 5.41) is 5.36. The molecule has 1 saturated heterocycles. The van der Waals surface area contributed by atoms with Gasteiger partial charge in [-0.2, -0.15) is 0 Å². The van der Waals surface area contributed by atoms with E-state index in [2.05, 4.69) is 42.5 Å². The lowest BCUT2D eigenvalue weighted by molar-refractivity contribution is -0.122. The summed E-state index contributed by atoms with van der Waals surface area (Å²) < 4.78 is 6.64. The van der Waals surface area contributed by atoms with E-state index >= 15 is 0 Å². The summed E-state index contributed by atoms with van der Waals surface area (Å²) in [7, 11) is 0. The van der Waals surface area contributed by atoms with Crippen LogP contribution in [-0.2, 0) is 14.4 Å². The molecule has 5 amide bonds. The molecule has 3 aromatic rings. The van der Waals surface area contributed by atoms with Gasteiger partial charge in [0.05, 0.1) is 24.7 Å². The molecule has 39 heavy (non-hydrogen) atoms. The first-order valence-corrected chi connectivity index (χ1v) is 13.6. The summed E-state index contributed by atoms with van der Waals surface area (Å²) in [5.41, 5.74) is 3.03. The maximum absolute atomic E-state index is 13.2. The minimum absolute atomic E-state index is 0.142. The molecule has 0 bridgehead atoms. The number of nitrogens with one attached hydrogen (secondary N) is 2. The summed E-state index contributed by atoms with van der Waals surface area (Å²) in [4.78, 5) is 51.4. The average Bonchev–Trinajstić information content (AvgIpc) is 2.85. The average molecular weight is 696 g/mol. The van der Waals surface area contributed by atoms with Crippen LogP contribution >= 0.6 is 55.1 Å². The fourth-order valence-electron chi connectivity index (χ4n) is 3.76. The molecule has 0 radical (unpaired) electrons. The second-order valence-corrected chi connectivity index (χ2v) is 11.0. The van der Waals surface area contributed by atoms with Gasteiger partial charge in [0.25, 0.3) is 17.7 Å². The number of anilines is 2. The molecule has 1 aliphatic rings. The van der Waals surface area contributed by atoms with Gasteiger partial charge in [0.1, 0.15) is 11.3 Å². The van der Waals surface area contributed by atoms with Crippen LogP contribution in [0.2, 0.25) is 10.0 Å². The zero-order valence-corrected chi connectivity index (χ0v) is 25.1. The Balaban J connectivity index is 1.53. The van der Waals surface area contributed by atoms with Crippen molar-refractivity contribution < 1.29 is 23.9 Å². The topological polar surface area (TPSA) is 105 Å². The fraction of sp³-hybridized carbons (Fsp3) is 0.111. The third-order valence-electron chi connectivity index (χ3n) is 5.60. The Morgan fingerprint density at radius 1 is 1.00 bits per heavy atom. The number of hydrogen-bond donors (Lipinski definition) is 2. The molecular formula is C27H19Br2Cl2N3O5. The summed E-state index contributed by atoms with van der Waals surface area (Å²) in [6.45, 7) is 3.62. The monoisotopic (exact) mass is 693 g/mol. The van der Waals surface area contributed by atoms with Crippen molar-refractivity contribution in [1.29, 1.82) is 0 Å². The third-order valence-corrected chi connectivity index (χ3v) is 7.52. The van der Waals surface area contributed by atoms with Gasteiger partial charge in [-0.05, 0) is 99.3 Å². The second-order valence-electron chi connectivity index (χ2n) is 8.53. The summed E-state index contributed by atoms with van der Waals surface area (Å²) in [6.07, 6.45) is 1.33. The fourth-order valence-corrected chi connectivity index (χ4v) is 5.50. The maximum atomic E-state index is 13.2. The first-order chi connectivity index (χ1) is 18.4. The van der Waals surface area contributed by atoms with Crippen molar-refractivity contribution in [3.63, 3.8) is 0 Å². The number of barbiturate groups is 1. The van der Waals surface area contributed by atoms with Gasteiger partial charge < -0.3 is 10.1 Å².